The van der Waals surface area contributed by atoms with E-state index < -0.39 is 5.97 Å². The van der Waals surface area contributed by atoms with Crippen LogP contribution in [0.4, 0.5) is 0 Å². The molecule has 0 bridgehead atoms. The van der Waals surface area contributed by atoms with Crippen molar-refractivity contribution in [1.82, 2.24) is 24.9 Å². The molecule has 1 saturated heterocycles. The molecule has 3 heterocycles. The molecule has 7 heteroatoms. The Labute approximate surface area is 109 Å². The molecule has 0 saturated carbocycles. The summed E-state index contributed by atoms with van der Waals surface area (Å²) in [5, 5.41) is 16.2. The average molecular weight is 259 g/mol. The van der Waals surface area contributed by atoms with Gasteiger partial charge in [0, 0.05) is 32.0 Å². The number of rotatable bonds is 4. The predicted molar refractivity (Wildman–Crippen MR) is 65.5 cm³/mol. The zero-order valence-electron chi connectivity index (χ0n) is 10.2. The van der Waals surface area contributed by atoms with Crippen molar-refractivity contribution in [3.63, 3.8) is 0 Å². The maximum Gasteiger partial charge on any atom is 0.358 e. The highest BCUT2D eigenvalue weighted by Gasteiger charge is 2.29. The molecule has 0 aromatic carbocycles. The van der Waals surface area contributed by atoms with E-state index in [9.17, 15) is 4.79 Å². The summed E-state index contributed by atoms with van der Waals surface area (Å²) in [5.41, 5.74) is 1.16. The van der Waals surface area contributed by atoms with Gasteiger partial charge < -0.3 is 5.11 Å². The SMILES string of the molecule is O=C(O)c1cn(C2CN(Cc3cccnc3)C2)nn1. The van der Waals surface area contributed by atoms with Gasteiger partial charge in [0.1, 0.15) is 0 Å². The molecule has 7 nitrogen and oxygen atoms in total. The summed E-state index contributed by atoms with van der Waals surface area (Å²) in [5.74, 6) is -1.04. The first-order valence-electron chi connectivity index (χ1n) is 5.99. The Balaban J connectivity index is 1.56. The maximum atomic E-state index is 10.7. The summed E-state index contributed by atoms with van der Waals surface area (Å²) < 4.78 is 1.63. The minimum atomic E-state index is -1.04. The highest BCUT2D eigenvalue weighted by Crippen LogP contribution is 2.22. The van der Waals surface area contributed by atoms with Gasteiger partial charge in [0.05, 0.1) is 12.2 Å². The van der Waals surface area contributed by atoms with Crippen molar-refractivity contribution in [3.05, 3.63) is 42.0 Å². The van der Waals surface area contributed by atoms with E-state index in [4.69, 9.17) is 5.11 Å². The Morgan fingerprint density at radius 1 is 1.47 bits per heavy atom. The zero-order valence-corrected chi connectivity index (χ0v) is 10.2. The molecule has 3 rings (SSSR count). The molecule has 0 radical (unpaired) electrons. The van der Waals surface area contributed by atoms with E-state index in [0.717, 1.165) is 19.6 Å². The van der Waals surface area contributed by atoms with E-state index >= 15 is 0 Å². The lowest BCUT2D eigenvalue weighted by Gasteiger charge is -2.38. The largest absolute Gasteiger partial charge is 0.476 e. The summed E-state index contributed by atoms with van der Waals surface area (Å²) in [4.78, 5) is 17.0. The lowest BCUT2D eigenvalue weighted by atomic mass is 10.1. The number of carboxylic acids is 1. The number of aromatic carboxylic acids is 1. The van der Waals surface area contributed by atoms with Crippen LogP contribution in [-0.2, 0) is 6.54 Å². The number of hydrogen-bond donors (Lipinski definition) is 1. The number of likely N-dealkylation sites (tertiary alicyclic amines) is 1. The molecule has 2 aromatic rings. The molecule has 0 aliphatic carbocycles. The molecule has 2 aromatic heterocycles. The molecular weight excluding hydrogens is 246 g/mol. The van der Waals surface area contributed by atoms with E-state index in [1.807, 2.05) is 18.3 Å². The first-order chi connectivity index (χ1) is 9.22. The van der Waals surface area contributed by atoms with Crippen LogP contribution in [0.25, 0.3) is 0 Å². The van der Waals surface area contributed by atoms with E-state index in [-0.39, 0.29) is 11.7 Å². The first-order valence-corrected chi connectivity index (χ1v) is 5.99. The van der Waals surface area contributed by atoms with Crippen LogP contribution in [-0.4, -0.2) is 49.0 Å². The summed E-state index contributed by atoms with van der Waals surface area (Å²) in [7, 11) is 0. The summed E-state index contributed by atoms with van der Waals surface area (Å²) in [6, 6.07) is 4.17. The van der Waals surface area contributed by atoms with Gasteiger partial charge in [-0.05, 0) is 11.6 Å². The molecule has 1 aliphatic rings. The Morgan fingerprint density at radius 3 is 2.95 bits per heavy atom. The minimum Gasteiger partial charge on any atom is -0.476 e. The second-order valence-corrected chi connectivity index (χ2v) is 4.60. The van der Waals surface area contributed by atoms with E-state index in [0.29, 0.717) is 0 Å². The number of carboxylic acid groups (broad SMARTS) is 1. The standard InChI is InChI=1S/C12H13N5O2/c18-12(19)11-8-17(15-14-11)10-6-16(7-10)5-9-2-1-3-13-4-9/h1-4,8,10H,5-7H2,(H,18,19). The molecular formula is C12H13N5O2. The van der Waals surface area contributed by atoms with Gasteiger partial charge in [0.15, 0.2) is 5.69 Å². The van der Waals surface area contributed by atoms with Crippen molar-refractivity contribution in [2.75, 3.05) is 13.1 Å². The van der Waals surface area contributed by atoms with Gasteiger partial charge in [-0.3, -0.25) is 9.88 Å². The number of hydrogen-bond acceptors (Lipinski definition) is 5. The molecule has 1 fully saturated rings. The van der Waals surface area contributed by atoms with Crippen LogP contribution in [0.15, 0.2) is 30.7 Å². The third-order valence-electron chi connectivity index (χ3n) is 3.17. The van der Waals surface area contributed by atoms with Gasteiger partial charge >= 0.3 is 5.97 Å². The third kappa shape index (κ3) is 2.45. The van der Waals surface area contributed by atoms with E-state index in [1.165, 1.54) is 11.8 Å². The Hall–Kier alpha value is -2.28. The van der Waals surface area contributed by atoms with Crippen molar-refractivity contribution in [2.45, 2.75) is 12.6 Å². The van der Waals surface area contributed by atoms with Crippen molar-refractivity contribution >= 4 is 5.97 Å². The lowest BCUT2D eigenvalue weighted by Crippen LogP contribution is -2.47. The molecule has 0 unspecified atom stereocenters. The second-order valence-electron chi connectivity index (χ2n) is 4.60. The molecule has 98 valence electrons. The normalized spacial score (nSPS) is 16.2. The molecule has 1 aliphatic heterocycles. The Bertz CT molecular complexity index is 577. The summed E-state index contributed by atoms with van der Waals surface area (Å²) in [6.45, 7) is 2.54. The van der Waals surface area contributed by atoms with Gasteiger partial charge in [0.25, 0.3) is 0 Å². The number of nitrogens with zero attached hydrogens (tertiary/aromatic N) is 5. The highest BCUT2D eigenvalue weighted by molar-refractivity contribution is 5.84. The monoisotopic (exact) mass is 259 g/mol. The molecule has 0 spiro atoms. The van der Waals surface area contributed by atoms with Gasteiger partial charge in [0.2, 0.25) is 0 Å². The van der Waals surface area contributed by atoms with Gasteiger partial charge in [-0.15, -0.1) is 5.10 Å². The topological polar surface area (TPSA) is 84.1 Å². The number of carbonyl (C=O) groups is 1. The van der Waals surface area contributed by atoms with Crippen LogP contribution in [0.1, 0.15) is 22.1 Å². The fourth-order valence-electron chi connectivity index (χ4n) is 2.14. The zero-order chi connectivity index (χ0) is 13.2. The second kappa shape index (κ2) is 4.77. The molecule has 19 heavy (non-hydrogen) atoms. The fraction of sp³-hybridized carbons (Fsp3) is 0.333. The van der Waals surface area contributed by atoms with Crippen LogP contribution >= 0.6 is 0 Å². The van der Waals surface area contributed by atoms with Crippen molar-refractivity contribution in [3.8, 4) is 0 Å². The van der Waals surface area contributed by atoms with E-state index in [2.05, 4.69) is 20.2 Å². The average Bonchev–Trinajstić information content (AvgIpc) is 2.84. The molecule has 0 amide bonds. The van der Waals surface area contributed by atoms with Crippen LogP contribution in [0.5, 0.6) is 0 Å². The number of pyridine rings is 1. The molecule has 0 atom stereocenters. The van der Waals surface area contributed by atoms with Crippen molar-refractivity contribution in [1.29, 1.82) is 0 Å². The van der Waals surface area contributed by atoms with Crippen LogP contribution < -0.4 is 0 Å². The summed E-state index contributed by atoms with van der Waals surface area (Å²) in [6.07, 6.45) is 5.09. The van der Waals surface area contributed by atoms with Crippen LogP contribution in [0, 0.1) is 0 Å². The van der Waals surface area contributed by atoms with Crippen LogP contribution in [0.3, 0.4) is 0 Å². The highest BCUT2D eigenvalue weighted by atomic mass is 16.4. The van der Waals surface area contributed by atoms with Gasteiger partial charge in [-0.1, -0.05) is 11.3 Å². The molecule has 1 N–H and O–H groups in total. The number of aromatic nitrogens is 4. The minimum absolute atomic E-state index is 0.00860. The fourth-order valence-corrected chi connectivity index (χ4v) is 2.14. The smallest absolute Gasteiger partial charge is 0.358 e. The lowest BCUT2D eigenvalue weighted by molar-refractivity contribution is 0.0690. The quantitative estimate of drug-likeness (QED) is 0.857. The maximum absolute atomic E-state index is 10.7. The van der Waals surface area contributed by atoms with E-state index in [1.54, 1.807) is 10.9 Å². The van der Waals surface area contributed by atoms with Crippen LogP contribution in [0.2, 0.25) is 0 Å². The predicted octanol–water partition coefficient (Wildman–Crippen LogP) is 0.428. The Morgan fingerprint density at radius 2 is 2.32 bits per heavy atom. The van der Waals surface area contributed by atoms with Crippen molar-refractivity contribution in [2.24, 2.45) is 0 Å². The third-order valence-corrected chi connectivity index (χ3v) is 3.17. The Kier molecular flexibility index (Phi) is 2.96. The summed E-state index contributed by atoms with van der Waals surface area (Å²) >= 11 is 0. The van der Waals surface area contributed by atoms with Gasteiger partial charge in [-0.2, -0.15) is 0 Å². The van der Waals surface area contributed by atoms with Gasteiger partial charge in [-0.25, -0.2) is 9.48 Å². The van der Waals surface area contributed by atoms with Crippen molar-refractivity contribution < 1.29 is 9.90 Å². The first kappa shape index (κ1) is 11.8.